The summed E-state index contributed by atoms with van der Waals surface area (Å²) < 4.78 is 0. The SMILES string of the molecule is CN(C)C(=O)c1ccc(N2CCC(N)C2)nn1. The van der Waals surface area contributed by atoms with Gasteiger partial charge in [-0.25, -0.2) is 0 Å². The number of carbonyl (C=O) groups excluding carboxylic acids is 1. The maximum absolute atomic E-state index is 11.6. The van der Waals surface area contributed by atoms with Gasteiger partial charge >= 0.3 is 0 Å². The van der Waals surface area contributed by atoms with Crippen LogP contribution in [-0.2, 0) is 0 Å². The lowest BCUT2D eigenvalue weighted by molar-refractivity contribution is 0.0821. The number of hydrogen-bond donors (Lipinski definition) is 1. The molecule has 0 aromatic carbocycles. The van der Waals surface area contributed by atoms with Gasteiger partial charge in [0.1, 0.15) is 0 Å². The van der Waals surface area contributed by atoms with Crippen molar-refractivity contribution >= 4 is 11.7 Å². The van der Waals surface area contributed by atoms with E-state index in [0.717, 1.165) is 25.3 Å². The third kappa shape index (κ3) is 2.52. The number of amides is 1. The van der Waals surface area contributed by atoms with Crippen LogP contribution in [0.2, 0.25) is 0 Å². The summed E-state index contributed by atoms with van der Waals surface area (Å²) in [5.74, 6) is 0.649. The number of aromatic nitrogens is 2. The van der Waals surface area contributed by atoms with Gasteiger partial charge in [0.25, 0.3) is 5.91 Å². The molecule has 2 heterocycles. The van der Waals surface area contributed by atoms with Crippen LogP contribution in [0.4, 0.5) is 5.82 Å². The van der Waals surface area contributed by atoms with E-state index in [1.54, 1.807) is 20.2 Å². The maximum atomic E-state index is 11.6. The molecule has 6 nitrogen and oxygen atoms in total. The van der Waals surface area contributed by atoms with Crippen molar-refractivity contribution < 1.29 is 4.79 Å². The molecule has 1 amide bonds. The molecule has 1 aromatic rings. The van der Waals surface area contributed by atoms with Gasteiger partial charge in [-0.3, -0.25) is 4.79 Å². The molecule has 1 fully saturated rings. The van der Waals surface area contributed by atoms with Crippen LogP contribution in [-0.4, -0.2) is 54.2 Å². The predicted octanol–water partition coefficient (Wildman–Crippen LogP) is -0.284. The zero-order valence-corrected chi connectivity index (χ0v) is 10.1. The van der Waals surface area contributed by atoms with E-state index in [9.17, 15) is 4.79 Å². The van der Waals surface area contributed by atoms with Crippen molar-refractivity contribution in [3.8, 4) is 0 Å². The largest absolute Gasteiger partial charge is 0.354 e. The number of carbonyl (C=O) groups is 1. The van der Waals surface area contributed by atoms with Crippen LogP contribution in [0.15, 0.2) is 12.1 Å². The first-order valence-corrected chi connectivity index (χ1v) is 5.64. The molecule has 2 N–H and O–H groups in total. The average Bonchev–Trinajstić information content (AvgIpc) is 2.75. The highest BCUT2D eigenvalue weighted by atomic mass is 16.2. The fourth-order valence-corrected chi connectivity index (χ4v) is 1.83. The number of nitrogens with zero attached hydrogens (tertiary/aromatic N) is 4. The van der Waals surface area contributed by atoms with E-state index in [-0.39, 0.29) is 11.9 Å². The van der Waals surface area contributed by atoms with Crippen molar-refractivity contribution in [2.45, 2.75) is 12.5 Å². The van der Waals surface area contributed by atoms with Gasteiger partial charge in [-0.05, 0) is 18.6 Å². The summed E-state index contributed by atoms with van der Waals surface area (Å²) in [6, 6.07) is 3.73. The number of nitrogens with two attached hydrogens (primary N) is 1. The van der Waals surface area contributed by atoms with Crippen LogP contribution in [0, 0.1) is 0 Å². The summed E-state index contributed by atoms with van der Waals surface area (Å²) in [6.07, 6.45) is 0.972. The lowest BCUT2D eigenvalue weighted by Crippen LogP contribution is -2.27. The van der Waals surface area contributed by atoms with E-state index in [1.807, 2.05) is 6.07 Å². The number of rotatable bonds is 2. The van der Waals surface area contributed by atoms with E-state index in [4.69, 9.17) is 5.73 Å². The molecule has 1 unspecified atom stereocenters. The van der Waals surface area contributed by atoms with Crippen molar-refractivity contribution in [1.82, 2.24) is 15.1 Å². The van der Waals surface area contributed by atoms with Crippen LogP contribution in [0.3, 0.4) is 0 Å². The number of anilines is 1. The summed E-state index contributed by atoms with van der Waals surface area (Å²) in [4.78, 5) is 15.2. The van der Waals surface area contributed by atoms with E-state index >= 15 is 0 Å². The Labute approximate surface area is 100 Å². The van der Waals surface area contributed by atoms with Gasteiger partial charge in [0.2, 0.25) is 0 Å². The molecular formula is C11H17N5O. The second kappa shape index (κ2) is 4.67. The molecule has 0 radical (unpaired) electrons. The van der Waals surface area contributed by atoms with Crippen LogP contribution >= 0.6 is 0 Å². The molecule has 17 heavy (non-hydrogen) atoms. The first-order chi connectivity index (χ1) is 8.08. The molecule has 1 aliphatic heterocycles. The van der Waals surface area contributed by atoms with Gasteiger partial charge in [-0.2, -0.15) is 0 Å². The zero-order chi connectivity index (χ0) is 12.4. The lowest BCUT2D eigenvalue weighted by atomic mass is 10.3. The minimum absolute atomic E-state index is 0.137. The third-order valence-corrected chi connectivity index (χ3v) is 2.82. The minimum Gasteiger partial charge on any atom is -0.354 e. The first-order valence-electron chi connectivity index (χ1n) is 5.64. The summed E-state index contributed by atoms with van der Waals surface area (Å²) in [5.41, 5.74) is 6.19. The quantitative estimate of drug-likeness (QED) is 0.762. The van der Waals surface area contributed by atoms with Crippen molar-refractivity contribution in [1.29, 1.82) is 0 Å². The zero-order valence-electron chi connectivity index (χ0n) is 10.1. The van der Waals surface area contributed by atoms with E-state index in [0.29, 0.717) is 5.69 Å². The third-order valence-electron chi connectivity index (χ3n) is 2.82. The Hall–Kier alpha value is -1.69. The molecule has 2 rings (SSSR count). The Kier molecular flexibility index (Phi) is 3.23. The Morgan fingerprint density at radius 1 is 1.47 bits per heavy atom. The highest BCUT2D eigenvalue weighted by Gasteiger charge is 2.21. The van der Waals surface area contributed by atoms with Gasteiger partial charge in [-0.15, -0.1) is 10.2 Å². The molecule has 1 saturated heterocycles. The predicted molar refractivity (Wildman–Crippen MR) is 64.9 cm³/mol. The first kappa shape index (κ1) is 11.8. The van der Waals surface area contributed by atoms with Gasteiger partial charge in [0.15, 0.2) is 11.5 Å². The fourth-order valence-electron chi connectivity index (χ4n) is 1.83. The van der Waals surface area contributed by atoms with Gasteiger partial charge in [0.05, 0.1) is 0 Å². The summed E-state index contributed by atoms with van der Waals surface area (Å²) >= 11 is 0. The molecule has 0 bridgehead atoms. The van der Waals surface area contributed by atoms with Crippen molar-refractivity contribution in [2.75, 3.05) is 32.1 Å². The summed E-state index contributed by atoms with van der Waals surface area (Å²) in [7, 11) is 3.38. The second-order valence-electron chi connectivity index (χ2n) is 4.47. The molecule has 0 spiro atoms. The van der Waals surface area contributed by atoms with Crippen molar-refractivity contribution in [2.24, 2.45) is 5.73 Å². The van der Waals surface area contributed by atoms with Gasteiger partial charge in [-0.1, -0.05) is 0 Å². The summed E-state index contributed by atoms with van der Waals surface area (Å²) in [6.45, 7) is 1.70. The molecule has 1 aliphatic rings. The van der Waals surface area contributed by atoms with Gasteiger partial charge < -0.3 is 15.5 Å². The molecule has 1 atom stereocenters. The van der Waals surface area contributed by atoms with Crippen LogP contribution in [0.5, 0.6) is 0 Å². The molecule has 0 saturated carbocycles. The number of hydrogen-bond acceptors (Lipinski definition) is 5. The molecule has 6 heteroatoms. The van der Waals surface area contributed by atoms with Crippen LogP contribution < -0.4 is 10.6 Å². The Morgan fingerprint density at radius 3 is 2.71 bits per heavy atom. The molecule has 1 aromatic heterocycles. The summed E-state index contributed by atoms with van der Waals surface area (Å²) in [5, 5.41) is 8.02. The Bertz CT molecular complexity index is 403. The monoisotopic (exact) mass is 235 g/mol. The second-order valence-corrected chi connectivity index (χ2v) is 4.47. The molecular weight excluding hydrogens is 218 g/mol. The van der Waals surface area contributed by atoms with E-state index < -0.39 is 0 Å². The van der Waals surface area contributed by atoms with Gasteiger partial charge in [0, 0.05) is 33.2 Å². The maximum Gasteiger partial charge on any atom is 0.273 e. The van der Waals surface area contributed by atoms with Crippen molar-refractivity contribution in [3.63, 3.8) is 0 Å². The molecule has 92 valence electrons. The molecule has 0 aliphatic carbocycles. The highest BCUT2D eigenvalue weighted by molar-refractivity contribution is 5.91. The van der Waals surface area contributed by atoms with E-state index in [1.165, 1.54) is 4.90 Å². The smallest absolute Gasteiger partial charge is 0.273 e. The lowest BCUT2D eigenvalue weighted by Gasteiger charge is -2.16. The van der Waals surface area contributed by atoms with Crippen molar-refractivity contribution in [3.05, 3.63) is 17.8 Å². The standard InChI is InChI=1S/C11H17N5O/c1-15(2)11(17)9-3-4-10(14-13-9)16-6-5-8(12)7-16/h3-4,8H,5-7,12H2,1-2H3. The minimum atomic E-state index is -0.137. The average molecular weight is 235 g/mol. The van der Waals surface area contributed by atoms with Crippen LogP contribution in [0.25, 0.3) is 0 Å². The fraction of sp³-hybridized carbons (Fsp3) is 0.545. The normalized spacial score (nSPS) is 19.5. The van der Waals surface area contributed by atoms with Crippen LogP contribution in [0.1, 0.15) is 16.9 Å². The Balaban J connectivity index is 2.10. The Morgan fingerprint density at radius 2 is 2.24 bits per heavy atom. The topological polar surface area (TPSA) is 75.4 Å². The van der Waals surface area contributed by atoms with E-state index in [2.05, 4.69) is 15.1 Å². The highest BCUT2D eigenvalue weighted by Crippen LogP contribution is 2.16.